The standard InChI is InChI=1S/C5H9N5O2/c1-3(11)7-4-5(10(2)6)9-12-8-4/h6H2,1-2H3,(H,7,8,11). The van der Waals surface area contributed by atoms with Gasteiger partial charge in [-0.1, -0.05) is 0 Å². The van der Waals surface area contributed by atoms with E-state index in [9.17, 15) is 4.79 Å². The van der Waals surface area contributed by atoms with Crippen molar-refractivity contribution in [3.05, 3.63) is 0 Å². The molecule has 7 nitrogen and oxygen atoms in total. The summed E-state index contributed by atoms with van der Waals surface area (Å²) >= 11 is 0. The third kappa shape index (κ3) is 1.70. The van der Waals surface area contributed by atoms with Gasteiger partial charge in [0, 0.05) is 14.0 Å². The number of carbonyl (C=O) groups is 1. The van der Waals surface area contributed by atoms with Crippen LogP contribution in [-0.2, 0) is 4.79 Å². The summed E-state index contributed by atoms with van der Waals surface area (Å²) in [6, 6.07) is 0. The maximum Gasteiger partial charge on any atom is 0.231 e. The van der Waals surface area contributed by atoms with Crippen LogP contribution in [0.1, 0.15) is 6.92 Å². The summed E-state index contributed by atoms with van der Waals surface area (Å²) in [6.45, 7) is 1.36. The van der Waals surface area contributed by atoms with Gasteiger partial charge < -0.3 is 5.32 Å². The molecule has 0 saturated carbocycles. The first-order valence-electron chi connectivity index (χ1n) is 3.20. The molecule has 3 N–H and O–H groups in total. The van der Waals surface area contributed by atoms with Crippen LogP contribution in [0.25, 0.3) is 0 Å². The van der Waals surface area contributed by atoms with E-state index in [0.717, 1.165) is 0 Å². The first kappa shape index (κ1) is 8.47. The number of aromatic nitrogens is 2. The van der Waals surface area contributed by atoms with Crippen LogP contribution >= 0.6 is 0 Å². The molecule has 66 valence electrons. The average Bonchev–Trinajstić information content (AvgIpc) is 2.33. The second kappa shape index (κ2) is 3.18. The molecule has 0 saturated heterocycles. The molecule has 0 aromatic carbocycles. The van der Waals surface area contributed by atoms with Crippen LogP contribution in [0.3, 0.4) is 0 Å². The third-order valence-electron chi connectivity index (χ3n) is 1.10. The first-order valence-corrected chi connectivity index (χ1v) is 3.20. The Balaban J connectivity index is 2.84. The lowest BCUT2D eigenvalue weighted by Crippen LogP contribution is -2.26. The van der Waals surface area contributed by atoms with Crippen molar-refractivity contribution < 1.29 is 9.42 Å². The molecule has 1 aromatic rings. The largest absolute Gasteiger partial charge is 0.305 e. The van der Waals surface area contributed by atoms with E-state index in [1.165, 1.54) is 11.9 Å². The SMILES string of the molecule is CC(=O)Nc1nonc1N(C)N. The molecule has 1 aromatic heterocycles. The van der Waals surface area contributed by atoms with Gasteiger partial charge in [-0.15, -0.1) is 0 Å². The highest BCUT2D eigenvalue weighted by Gasteiger charge is 2.12. The van der Waals surface area contributed by atoms with Gasteiger partial charge in [0.15, 0.2) is 0 Å². The van der Waals surface area contributed by atoms with Crippen molar-refractivity contribution in [3.8, 4) is 0 Å². The zero-order valence-electron chi connectivity index (χ0n) is 6.74. The lowest BCUT2D eigenvalue weighted by atomic mass is 10.6. The van der Waals surface area contributed by atoms with Crippen molar-refractivity contribution in [2.24, 2.45) is 5.84 Å². The molecular formula is C5H9N5O2. The molecule has 1 heterocycles. The minimum atomic E-state index is -0.256. The van der Waals surface area contributed by atoms with Gasteiger partial charge in [-0.2, -0.15) is 0 Å². The maximum absolute atomic E-state index is 10.6. The van der Waals surface area contributed by atoms with Crippen LogP contribution in [0.15, 0.2) is 4.63 Å². The van der Waals surface area contributed by atoms with Crippen molar-refractivity contribution in [1.29, 1.82) is 0 Å². The molecule has 7 heteroatoms. The molecule has 0 unspecified atom stereocenters. The van der Waals surface area contributed by atoms with Crippen LogP contribution in [0.4, 0.5) is 11.6 Å². The van der Waals surface area contributed by atoms with Crippen molar-refractivity contribution >= 4 is 17.5 Å². The normalized spacial score (nSPS) is 9.58. The monoisotopic (exact) mass is 171 g/mol. The van der Waals surface area contributed by atoms with E-state index in [1.807, 2.05) is 0 Å². The molecule has 0 aliphatic carbocycles. The van der Waals surface area contributed by atoms with E-state index in [2.05, 4.69) is 20.3 Å². The van der Waals surface area contributed by atoms with Crippen LogP contribution in [0.2, 0.25) is 0 Å². The van der Waals surface area contributed by atoms with Crippen LogP contribution < -0.4 is 16.2 Å². The number of nitrogens with two attached hydrogens (primary N) is 1. The molecule has 0 aliphatic rings. The van der Waals surface area contributed by atoms with Gasteiger partial charge >= 0.3 is 0 Å². The summed E-state index contributed by atoms with van der Waals surface area (Å²) in [7, 11) is 1.56. The summed E-state index contributed by atoms with van der Waals surface area (Å²) < 4.78 is 4.37. The van der Waals surface area contributed by atoms with Crippen molar-refractivity contribution in [2.75, 3.05) is 17.4 Å². The predicted octanol–water partition coefficient (Wildman–Crippen LogP) is -0.662. The number of nitrogens with one attached hydrogen (secondary N) is 1. The van der Waals surface area contributed by atoms with Gasteiger partial charge in [-0.05, 0) is 10.3 Å². The summed E-state index contributed by atoms with van der Waals surface area (Å²) in [5, 5.41) is 10.5. The van der Waals surface area contributed by atoms with Crippen molar-refractivity contribution in [1.82, 2.24) is 10.3 Å². The number of carbonyl (C=O) groups excluding carboxylic acids is 1. The quantitative estimate of drug-likeness (QED) is 0.452. The molecule has 1 rings (SSSR count). The highest BCUT2D eigenvalue weighted by molar-refractivity contribution is 5.90. The Kier molecular flexibility index (Phi) is 2.24. The Bertz CT molecular complexity index is 281. The Morgan fingerprint density at radius 1 is 1.67 bits per heavy atom. The topological polar surface area (TPSA) is 97.3 Å². The fourth-order valence-electron chi connectivity index (χ4n) is 0.661. The van der Waals surface area contributed by atoms with Gasteiger partial charge in [-0.25, -0.2) is 10.5 Å². The number of anilines is 2. The third-order valence-corrected chi connectivity index (χ3v) is 1.10. The van der Waals surface area contributed by atoms with E-state index in [-0.39, 0.29) is 17.5 Å². The van der Waals surface area contributed by atoms with Gasteiger partial charge in [0.25, 0.3) is 0 Å². The van der Waals surface area contributed by atoms with E-state index >= 15 is 0 Å². The number of hydrogen-bond acceptors (Lipinski definition) is 6. The fraction of sp³-hybridized carbons (Fsp3) is 0.400. The zero-order chi connectivity index (χ0) is 9.14. The molecule has 12 heavy (non-hydrogen) atoms. The van der Waals surface area contributed by atoms with Crippen molar-refractivity contribution in [2.45, 2.75) is 6.92 Å². The average molecular weight is 171 g/mol. The molecule has 0 bridgehead atoms. The van der Waals surface area contributed by atoms with E-state index in [1.54, 1.807) is 7.05 Å². The van der Waals surface area contributed by atoms with Gasteiger partial charge in [0.1, 0.15) is 0 Å². The Labute approximate surface area is 68.4 Å². The van der Waals surface area contributed by atoms with Gasteiger partial charge in [0.2, 0.25) is 17.5 Å². The number of nitrogens with zero attached hydrogens (tertiary/aromatic N) is 3. The van der Waals surface area contributed by atoms with E-state index in [4.69, 9.17) is 5.84 Å². The summed E-state index contributed by atoms with van der Waals surface area (Å²) in [5.41, 5.74) is 0. The Morgan fingerprint density at radius 2 is 2.33 bits per heavy atom. The van der Waals surface area contributed by atoms with Gasteiger partial charge in [0.05, 0.1) is 0 Å². The molecule has 0 fully saturated rings. The molecular weight excluding hydrogens is 162 g/mol. The van der Waals surface area contributed by atoms with Crippen LogP contribution in [-0.4, -0.2) is 23.3 Å². The summed E-state index contributed by atoms with van der Waals surface area (Å²) in [6.07, 6.45) is 0. The maximum atomic E-state index is 10.6. The lowest BCUT2D eigenvalue weighted by molar-refractivity contribution is -0.114. The minimum absolute atomic E-state index is 0.215. The second-order valence-electron chi connectivity index (χ2n) is 2.23. The van der Waals surface area contributed by atoms with Gasteiger partial charge in [-0.3, -0.25) is 9.80 Å². The van der Waals surface area contributed by atoms with Crippen LogP contribution in [0.5, 0.6) is 0 Å². The second-order valence-corrected chi connectivity index (χ2v) is 2.23. The van der Waals surface area contributed by atoms with E-state index in [0.29, 0.717) is 0 Å². The minimum Gasteiger partial charge on any atom is -0.305 e. The number of amides is 1. The highest BCUT2D eigenvalue weighted by atomic mass is 16.6. The Hall–Kier alpha value is -1.63. The molecule has 0 spiro atoms. The van der Waals surface area contributed by atoms with Crippen molar-refractivity contribution in [3.63, 3.8) is 0 Å². The smallest absolute Gasteiger partial charge is 0.231 e. The number of hydrogen-bond donors (Lipinski definition) is 2. The predicted molar refractivity (Wildman–Crippen MR) is 41.2 cm³/mol. The molecule has 1 amide bonds. The number of rotatable bonds is 2. The Morgan fingerprint density at radius 3 is 2.83 bits per heavy atom. The fourth-order valence-corrected chi connectivity index (χ4v) is 0.661. The zero-order valence-corrected chi connectivity index (χ0v) is 6.74. The first-order chi connectivity index (χ1) is 5.61. The summed E-state index contributed by atoms with van der Waals surface area (Å²) in [5.74, 6) is 5.60. The molecule has 0 atom stereocenters. The highest BCUT2D eigenvalue weighted by Crippen LogP contribution is 2.16. The molecule has 0 radical (unpaired) electrons. The lowest BCUT2D eigenvalue weighted by Gasteiger charge is -2.07. The number of hydrazine groups is 1. The van der Waals surface area contributed by atoms with E-state index < -0.39 is 0 Å². The summed E-state index contributed by atoms with van der Waals surface area (Å²) in [4.78, 5) is 10.6. The van der Waals surface area contributed by atoms with Crippen LogP contribution in [0, 0.1) is 0 Å². The molecule has 0 aliphatic heterocycles.